The van der Waals surface area contributed by atoms with Crippen molar-refractivity contribution < 1.29 is 4.74 Å². The lowest BCUT2D eigenvalue weighted by Crippen LogP contribution is -2.23. The first-order chi connectivity index (χ1) is 10.5. The van der Waals surface area contributed by atoms with E-state index in [9.17, 15) is 0 Å². The minimum atomic E-state index is -0.247. The zero-order chi connectivity index (χ0) is 15.7. The van der Waals surface area contributed by atoms with Crippen molar-refractivity contribution in [3.63, 3.8) is 0 Å². The molecule has 4 heteroatoms. The van der Waals surface area contributed by atoms with Crippen LogP contribution in [0.15, 0.2) is 43.1 Å². The number of hydrogen-bond donors (Lipinski definition) is 0. The number of aryl methyl sites for hydroxylation is 1. The molecule has 1 aromatic carbocycles. The summed E-state index contributed by atoms with van der Waals surface area (Å²) in [5.41, 5.74) is 2.79. The molecule has 112 valence electrons. The smallest absolute Gasteiger partial charge is 0.128 e. The SMILES string of the molecule is Cc1ncncc1-c1ccc(OC(C)(C)C)c2ccncc12. The van der Waals surface area contributed by atoms with Gasteiger partial charge in [-0.2, -0.15) is 0 Å². The van der Waals surface area contributed by atoms with Crippen LogP contribution in [-0.2, 0) is 0 Å². The third kappa shape index (κ3) is 2.77. The summed E-state index contributed by atoms with van der Waals surface area (Å²) in [6.07, 6.45) is 7.06. The van der Waals surface area contributed by atoms with Crippen LogP contribution in [0.25, 0.3) is 21.9 Å². The molecule has 22 heavy (non-hydrogen) atoms. The molecule has 0 radical (unpaired) electrons. The first-order valence-electron chi connectivity index (χ1n) is 7.28. The zero-order valence-electron chi connectivity index (χ0n) is 13.3. The Morgan fingerprint density at radius 2 is 1.73 bits per heavy atom. The van der Waals surface area contributed by atoms with E-state index >= 15 is 0 Å². The van der Waals surface area contributed by atoms with E-state index in [0.29, 0.717) is 0 Å². The van der Waals surface area contributed by atoms with Gasteiger partial charge >= 0.3 is 0 Å². The summed E-state index contributed by atoms with van der Waals surface area (Å²) in [6.45, 7) is 8.12. The minimum Gasteiger partial charge on any atom is -0.488 e. The molecule has 0 amide bonds. The maximum atomic E-state index is 6.08. The first-order valence-corrected chi connectivity index (χ1v) is 7.28. The van der Waals surface area contributed by atoms with Crippen LogP contribution in [0, 0.1) is 6.92 Å². The Labute approximate surface area is 130 Å². The first kappa shape index (κ1) is 14.4. The second-order valence-electron chi connectivity index (χ2n) is 6.27. The van der Waals surface area contributed by atoms with Crippen LogP contribution in [0.1, 0.15) is 26.5 Å². The summed E-state index contributed by atoms with van der Waals surface area (Å²) in [7, 11) is 0. The van der Waals surface area contributed by atoms with E-state index in [1.165, 1.54) is 0 Å². The molecule has 0 N–H and O–H groups in total. The maximum absolute atomic E-state index is 6.08. The third-order valence-electron chi connectivity index (χ3n) is 3.40. The van der Waals surface area contributed by atoms with Crippen LogP contribution in [0.2, 0.25) is 0 Å². The number of fused-ring (bicyclic) bond motifs is 1. The van der Waals surface area contributed by atoms with Gasteiger partial charge in [0.1, 0.15) is 17.7 Å². The molecule has 2 heterocycles. The molecular weight excluding hydrogens is 274 g/mol. The van der Waals surface area contributed by atoms with Gasteiger partial charge in [0.15, 0.2) is 0 Å². The van der Waals surface area contributed by atoms with Crippen LogP contribution in [0.5, 0.6) is 5.75 Å². The standard InChI is InChI=1S/C18H19N3O/c1-12-15(9-20-11-21-12)13-5-6-17(22-18(2,3)4)14-7-8-19-10-16(13)14/h5-11H,1-4H3. The van der Waals surface area contributed by atoms with Gasteiger partial charge in [0.25, 0.3) is 0 Å². The van der Waals surface area contributed by atoms with Crippen LogP contribution in [0.4, 0.5) is 0 Å². The number of benzene rings is 1. The molecule has 3 aromatic rings. The highest BCUT2D eigenvalue weighted by molar-refractivity contribution is 5.99. The molecule has 0 unspecified atom stereocenters. The summed E-state index contributed by atoms with van der Waals surface area (Å²) in [5, 5.41) is 2.09. The normalized spacial score (nSPS) is 11.6. The maximum Gasteiger partial charge on any atom is 0.128 e. The largest absolute Gasteiger partial charge is 0.488 e. The molecular formula is C18H19N3O. The summed E-state index contributed by atoms with van der Waals surface area (Å²) in [6, 6.07) is 6.05. The molecule has 0 aliphatic heterocycles. The van der Waals surface area contributed by atoms with E-state index in [1.54, 1.807) is 12.5 Å². The van der Waals surface area contributed by atoms with Gasteiger partial charge in [-0.15, -0.1) is 0 Å². The Hall–Kier alpha value is -2.49. The lowest BCUT2D eigenvalue weighted by molar-refractivity contribution is 0.133. The van der Waals surface area contributed by atoms with Crippen molar-refractivity contribution in [2.24, 2.45) is 0 Å². The van der Waals surface area contributed by atoms with Crippen molar-refractivity contribution in [2.45, 2.75) is 33.3 Å². The lowest BCUT2D eigenvalue weighted by Gasteiger charge is -2.23. The quantitative estimate of drug-likeness (QED) is 0.711. The van der Waals surface area contributed by atoms with E-state index in [-0.39, 0.29) is 5.60 Å². The monoisotopic (exact) mass is 293 g/mol. The Morgan fingerprint density at radius 3 is 2.45 bits per heavy atom. The Balaban J connectivity index is 2.23. The zero-order valence-corrected chi connectivity index (χ0v) is 13.3. The van der Waals surface area contributed by atoms with Gasteiger partial charge in [0, 0.05) is 40.6 Å². The van der Waals surface area contributed by atoms with Crippen molar-refractivity contribution in [2.75, 3.05) is 0 Å². The minimum absolute atomic E-state index is 0.247. The van der Waals surface area contributed by atoms with Gasteiger partial charge in [-0.25, -0.2) is 9.97 Å². The van der Waals surface area contributed by atoms with Gasteiger partial charge in [-0.1, -0.05) is 0 Å². The van der Waals surface area contributed by atoms with Crippen LogP contribution >= 0.6 is 0 Å². The van der Waals surface area contributed by atoms with Crippen molar-refractivity contribution in [1.29, 1.82) is 0 Å². The van der Waals surface area contributed by atoms with Gasteiger partial charge in [0.05, 0.1) is 0 Å². The van der Waals surface area contributed by atoms with Gasteiger partial charge in [-0.3, -0.25) is 4.98 Å². The second-order valence-corrected chi connectivity index (χ2v) is 6.27. The molecule has 2 aromatic heterocycles. The molecule has 0 spiro atoms. The Kier molecular flexibility index (Phi) is 3.53. The van der Waals surface area contributed by atoms with Gasteiger partial charge < -0.3 is 4.74 Å². The molecule has 0 bridgehead atoms. The highest BCUT2D eigenvalue weighted by Crippen LogP contribution is 2.35. The number of ether oxygens (including phenoxy) is 1. The van der Waals surface area contributed by atoms with Crippen molar-refractivity contribution in [1.82, 2.24) is 15.0 Å². The molecule has 0 aliphatic carbocycles. The van der Waals surface area contributed by atoms with Crippen molar-refractivity contribution in [3.05, 3.63) is 48.8 Å². The van der Waals surface area contributed by atoms with E-state index in [0.717, 1.165) is 33.3 Å². The fraction of sp³-hybridized carbons (Fsp3) is 0.278. The van der Waals surface area contributed by atoms with Crippen molar-refractivity contribution in [3.8, 4) is 16.9 Å². The van der Waals surface area contributed by atoms with E-state index in [1.807, 2.05) is 52.2 Å². The fourth-order valence-electron chi connectivity index (χ4n) is 2.47. The number of nitrogens with zero attached hydrogens (tertiary/aromatic N) is 3. The highest BCUT2D eigenvalue weighted by atomic mass is 16.5. The highest BCUT2D eigenvalue weighted by Gasteiger charge is 2.16. The molecule has 0 saturated heterocycles. The van der Waals surface area contributed by atoms with E-state index in [4.69, 9.17) is 4.74 Å². The van der Waals surface area contributed by atoms with E-state index in [2.05, 4.69) is 21.0 Å². The molecule has 0 fully saturated rings. The second kappa shape index (κ2) is 5.37. The molecule has 3 rings (SSSR count). The number of pyridine rings is 1. The predicted octanol–water partition coefficient (Wildman–Crippen LogP) is 4.18. The molecule has 0 aliphatic rings. The third-order valence-corrected chi connectivity index (χ3v) is 3.40. The summed E-state index contributed by atoms with van der Waals surface area (Å²) in [4.78, 5) is 12.7. The average molecular weight is 293 g/mol. The predicted molar refractivity (Wildman–Crippen MR) is 87.9 cm³/mol. The van der Waals surface area contributed by atoms with Crippen LogP contribution in [-0.4, -0.2) is 20.6 Å². The van der Waals surface area contributed by atoms with Gasteiger partial charge in [0.2, 0.25) is 0 Å². The van der Waals surface area contributed by atoms with Crippen LogP contribution < -0.4 is 4.74 Å². The fourth-order valence-corrected chi connectivity index (χ4v) is 2.47. The summed E-state index contributed by atoms with van der Waals surface area (Å²) < 4.78 is 6.08. The Bertz CT molecular complexity index is 822. The van der Waals surface area contributed by atoms with E-state index < -0.39 is 0 Å². The summed E-state index contributed by atoms with van der Waals surface area (Å²) in [5.74, 6) is 0.864. The number of rotatable bonds is 2. The van der Waals surface area contributed by atoms with Crippen LogP contribution in [0.3, 0.4) is 0 Å². The topological polar surface area (TPSA) is 47.9 Å². The average Bonchev–Trinajstić information content (AvgIpc) is 2.47. The lowest BCUT2D eigenvalue weighted by atomic mass is 9.99. The molecule has 0 saturated carbocycles. The summed E-state index contributed by atoms with van der Waals surface area (Å²) >= 11 is 0. The van der Waals surface area contributed by atoms with Crippen molar-refractivity contribution >= 4 is 10.8 Å². The molecule has 0 atom stereocenters. The number of hydrogen-bond acceptors (Lipinski definition) is 4. The van der Waals surface area contributed by atoms with Gasteiger partial charge in [-0.05, 0) is 51.5 Å². The Morgan fingerprint density at radius 1 is 0.909 bits per heavy atom. The number of aromatic nitrogens is 3. The molecule has 4 nitrogen and oxygen atoms in total.